The first-order valence-electron chi connectivity index (χ1n) is 10.3. The van der Waals surface area contributed by atoms with Gasteiger partial charge in [-0.05, 0) is 51.5 Å². The predicted octanol–water partition coefficient (Wildman–Crippen LogP) is 4.62. The number of methoxy groups -OCH3 is 1. The second-order valence-electron chi connectivity index (χ2n) is 8.56. The number of ether oxygens (including phenoxy) is 2. The molecule has 2 rings (SSSR count). The number of carbonyl (C=O) groups is 2. The van der Waals surface area contributed by atoms with E-state index in [0.29, 0.717) is 15.6 Å². The van der Waals surface area contributed by atoms with Crippen molar-refractivity contribution in [2.24, 2.45) is 0 Å². The van der Waals surface area contributed by atoms with E-state index in [0.717, 1.165) is 0 Å². The molecule has 2 amide bonds. The molecule has 0 aliphatic rings. The van der Waals surface area contributed by atoms with Gasteiger partial charge in [-0.3, -0.25) is 19.7 Å². The van der Waals surface area contributed by atoms with Crippen LogP contribution in [0.15, 0.2) is 36.4 Å². The van der Waals surface area contributed by atoms with Gasteiger partial charge in [0, 0.05) is 24.2 Å². The van der Waals surface area contributed by atoms with E-state index in [1.165, 1.54) is 30.2 Å². The van der Waals surface area contributed by atoms with Crippen molar-refractivity contribution in [2.75, 3.05) is 13.7 Å². The van der Waals surface area contributed by atoms with E-state index in [9.17, 15) is 19.7 Å². The Morgan fingerprint density at radius 2 is 1.82 bits per heavy atom. The number of amides is 2. The molecule has 9 nitrogen and oxygen atoms in total. The summed E-state index contributed by atoms with van der Waals surface area (Å²) in [6.07, 6.45) is 0. The summed E-state index contributed by atoms with van der Waals surface area (Å²) in [5.41, 5.74) is -0.0415. The normalized spacial score (nSPS) is 12.0. The second-order valence-corrected chi connectivity index (χ2v) is 9.38. The summed E-state index contributed by atoms with van der Waals surface area (Å²) in [5.74, 6) is -0.601. The minimum atomic E-state index is -0.823. The maximum atomic E-state index is 13.1. The van der Waals surface area contributed by atoms with Gasteiger partial charge in [0.15, 0.2) is 6.61 Å². The number of halogens is 2. The largest absolute Gasteiger partial charge is 0.490 e. The lowest BCUT2D eigenvalue weighted by molar-refractivity contribution is -0.385. The molecule has 0 fully saturated rings. The van der Waals surface area contributed by atoms with E-state index in [1.807, 2.05) is 20.8 Å². The molecule has 2 aromatic rings. The topological polar surface area (TPSA) is 111 Å². The summed E-state index contributed by atoms with van der Waals surface area (Å²) in [6, 6.07) is 8.05. The van der Waals surface area contributed by atoms with Crippen molar-refractivity contribution in [1.82, 2.24) is 10.2 Å². The maximum Gasteiger partial charge on any atom is 0.311 e. The first kappa shape index (κ1) is 27.2. The lowest BCUT2D eigenvalue weighted by Crippen LogP contribution is -2.53. The van der Waals surface area contributed by atoms with Crippen LogP contribution in [0.2, 0.25) is 10.0 Å². The molecular formula is C23H27Cl2N3O6. The first-order chi connectivity index (χ1) is 15.8. The summed E-state index contributed by atoms with van der Waals surface area (Å²) in [5, 5.41) is 14.6. The number of carbonyl (C=O) groups excluding carboxylic acids is 2. The maximum absolute atomic E-state index is 13.1. The van der Waals surface area contributed by atoms with Crippen molar-refractivity contribution in [2.45, 2.75) is 45.8 Å². The molecule has 34 heavy (non-hydrogen) atoms. The Kier molecular flexibility index (Phi) is 9.12. The molecule has 0 aromatic heterocycles. The average molecular weight is 512 g/mol. The van der Waals surface area contributed by atoms with Gasteiger partial charge in [0.1, 0.15) is 11.8 Å². The lowest BCUT2D eigenvalue weighted by Gasteiger charge is -2.31. The zero-order valence-electron chi connectivity index (χ0n) is 19.6. The molecule has 0 bridgehead atoms. The average Bonchev–Trinajstić information content (AvgIpc) is 2.76. The fraction of sp³-hybridized carbons (Fsp3) is 0.391. The highest BCUT2D eigenvalue weighted by atomic mass is 35.5. The van der Waals surface area contributed by atoms with Crippen LogP contribution in [0.25, 0.3) is 0 Å². The SMILES string of the molecule is COc1cc(OCC(=O)N(Cc2ccc(Cl)c(Cl)c2)C(C)C(=O)NC(C)(C)C)ccc1[N+](=O)[O-]. The molecule has 0 saturated heterocycles. The van der Waals surface area contributed by atoms with E-state index in [-0.39, 0.29) is 29.6 Å². The third kappa shape index (κ3) is 7.50. The molecule has 0 heterocycles. The van der Waals surface area contributed by atoms with Gasteiger partial charge in [0.25, 0.3) is 5.91 Å². The molecule has 0 radical (unpaired) electrons. The number of nitro groups is 1. The molecule has 1 unspecified atom stereocenters. The molecular weight excluding hydrogens is 485 g/mol. The third-order valence-electron chi connectivity index (χ3n) is 4.71. The van der Waals surface area contributed by atoms with E-state index in [1.54, 1.807) is 25.1 Å². The Bertz CT molecular complexity index is 1070. The van der Waals surface area contributed by atoms with Crippen LogP contribution < -0.4 is 14.8 Å². The summed E-state index contributed by atoms with van der Waals surface area (Å²) in [6.45, 7) is 6.82. The van der Waals surface area contributed by atoms with Gasteiger partial charge in [0.05, 0.1) is 22.1 Å². The minimum Gasteiger partial charge on any atom is -0.490 e. The number of rotatable bonds is 9. The molecule has 2 aromatic carbocycles. The molecule has 11 heteroatoms. The first-order valence-corrected chi connectivity index (χ1v) is 11.1. The Hall–Kier alpha value is -3.04. The molecule has 0 spiro atoms. The number of nitro benzene ring substituents is 1. The molecule has 0 aliphatic carbocycles. The van der Waals surface area contributed by atoms with Gasteiger partial charge < -0.3 is 19.7 Å². The highest BCUT2D eigenvalue weighted by molar-refractivity contribution is 6.42. The summed E-state index contributed by atoms with van der Waals surface area (Å²) < 4.78 is 10.6. The summed E-state index contributed by atoms with van der Waals surface area (Å²) in [7, 11) is 1.30. The quantitative estimate of drug-likeness (QED) is 0.388. The van der Waals surface area contributed by atoms with Crippen molar-refractivity contribution in [3.63, 3.8) is 0 Å². The van der Waals surface area contributed by atoms with Crippen molar-refractivity contribution in [1.29, 1.82) is 0 Å². The predicted molar refractivity (Wildman–Crippen MR) is 130 cm³/mol. The van der Waals surface area contributed by atoms with Crippen molar-refractivity contribution in [3.8, 4) is 11.5 Å². The van der Waals surface area contributed by atoms with Crippen LogP contribution in [0, 0.1) is 10.1 Å². The Labute approximate surface area is 208 Å². The van der Waals surface area contributed by atoms with Crippen molar-refractivity contribution >= 4 is 40.7 Å². The molecule has 1 atom stereocenters. The second kappa shape index (κ2) is 11.4. The van der Waals surface area contributed by atoms with E-state index in [4.69, 9.17) is 32.7 Å². The van der Waals surface area contributed by atoms with Crippen LogP contribution in [-0.2, 0) is 16.1 Å². The van der Waals surface area contributed by atoms with Gasteiger partial charge in [0.2, 0.25) is 11.7 Å². The van der Waals surface area contributed by atoms with Crippen LogP contribution in [0.4, 0.5) is 5.69 Å². The number of nitrogens with zero attached hydrogens (tertiary/aromatic N) is 2. The Morgan fingerprint density at radius 1 is 1.15 bits per heavy atom. The van der Waals surface area contributed by atoms with Crippen molar-refractivity contribution < 1.29 is 24.0 Å². The standard InChI is InChI=1S/C23H27Cl2N3O6/c1-14(22(30)26-23(2,3)4)27(12-15-6-8-17(24)18(25)10-15)21(29)13-34-16-7-9-19(28(31)32)20(11-16)33-5/h6-11,14H,12-13H2,1-5H3,(H,26,30). The van der Waals surface area contributed by atoms with Gasteiger partial charge >= 0.3 is 5.69 Å². The highest BCUT2D eigenvalue weighted by Gasteiger charge is 2.29. The smallest absolute Gasteiger partial charge is 0.311 e. The fourth-order valence-electron chi connectivity index (χ4n) is 3.02. The lowest BCUT2D eigenvalue weighted by atomic mass is 10.1. The Morgan fingerprint density at radius 3 is 2.38 bits per heavy atom. The van der Waals surface area contributed by atoms with Crippen LogP contribution in [-0.4, -0.2) is 46.9 Å². The van der Waals surface area contributed by atoms with Gasteiger partial charge in [-0.1, -0.05) is 29.3 Å². The number of benzene rings is 2. The molecule has 0 aliphatic heterocycles. The van der Waals surface area contributed by atoms with Crippen molar-refractivity contribution in [3.05, 3.63) is 62.1 Å². The van der Waals surface area contributed by atoms with E-state index >= 15 is 0 Å². The molecule has 1 N–H and O–H groups in total. The molecule has 0 saturated carbocycles. The van der Waals surface area contributed by atoms with E-state index < -0.39 is 29.0 Å². The fourth-order valence-corrected chi connectivity index (χ4v) is 3.34. The third-order valence-corrected chi connectivity index (χ3v) is 5.45. The Balaban J connectivity index is 2.24. The van der Waals surface area contributed by atoms with Crippen LogP contribution >= 0.6 is 23.2 Å². The van der Waals surface area contributed by atoms with Gasteiger partial charge in [-0.2, -0.15) is 0 Å². The number of hydrogen-bond donors (Lipinski definition) is 1. The van der Waals surface area contributed by atoms with Gasteiger partial charge in [-0.15, -0.1) is 0 Å². The van der Waals surface area contributed by atoms with Crippen LogP contribution in [0.1, 0.15) is 33.3 Å². The van der Waals surface area contributed by atoms with E-state index in [2.05, 4.69) is 5.32 Å². The van der Waals surface area contributed by atoms with Crippen LogP contribution in [0.3, 0.4) is 0 Å². The minimum absolute atomic E-state index is 0.000495. The molecule has 184 valence electrons. The summed E-state index contributed by atoms with van der Waals surface area (Å²) >= 11 is 12.1. The van der Waals surface area contributed by atoms with Gasteiger partial charge in [-0.25, -0.2) is 0 Å². The van der Waals surface area contributed by atoms with Crippen LogP contribution in [0.5, 0.6) is 11.5 Å². The monoisotopic (exact) mass is 511 g/mol. The zero-order valence-corrected chi connectivity index (χ0v) is 21.1. The number of hydrogen-bond acceptors (Lipinski definition) is 6. The highest BCUT2D eigenvalue weighted by Crippen LogP contribution is 2.31. The zero-order chi connectivity index (χ0) is 25.6. The number of nitrogens with one attached hydrogen (secondary N) is 1. The summed E-state index contributed by atoms with van der Waals surface area (Å²) in [4.78, 5) is 37.8.